The summed E-state index contributed by atoms with van der Waals surface area (Å²) in [6.45, 7) is 3.29. The van der Waals surface area contributed by atoms with Crippen molar-refractivity contribution in [2.45, 2.75) is 39.0 Å². The van der Waals surface area contributed by atoms with Gasteiger partial charge in [0.05, 0.1) is 11.9 Å². The number of hydrogen-bond acceptors (Lipinski definition) is 2. The summed E-state index contributed by atoms with van der Waals surface area (Å²) >= 11 is 3.32. The average Bonchev–Trinajstić information content (AvgIpc) is 2.26. The fraction of sp³-hybridized carbons (Fsp3) is 0.583. The molecule has 15 heavy (non-hydrogen) atoms. The summed E-state index contributed by atoms with van der Waals surface area (Å²) in [6.07, 6.45) is 8.46. The van der Waals surface area contributed by atoms with Gasteiger partial charge in [0, 0.05) is 6.54 Å². The van der Waals surface area contributed by atoms with Gasteiger partial charge in [0.15, 0.2) is 0 Å². The molecule has 84 valence electrons. The van der Waals surface area contributed by atoms with E-state index >= 15 is 0 Å². The number of nitrogens with one attached hydrogen (secondary N) is 1. The average molecular weight is 271 g/mol. The largest absolute Gasteiger partial charge is 0.384 e. The fourth-order valence-corrected chi connectivity index (χ4v) is 1.68. The van der Waals surface area contributed by atoms with Gasteiger partial charge in [-0.05, 0) is 34.5 Å². The monoisotopic (exact) mass is 270 g/mol. The van der Waals surface area contributed by atoms with Crippen molar-refractivity contribution in [1.82, 2.24) is 4.98 Å². The van der Waals surface area contributed by atoms with Crippen LogP contribution in [0.2, 0.25) is 0 Å². The molecule has 1 N–H and O–H groups in total. The summed E-state index contributed by atoms with van der Waals surface area (Å²) in [6, 6.07) is 4.00. The Morgan fingerprint density at radius 1 is 1.20 bits per heavy atom. The van der Waals surface area contributed by atoms with Gasteiger partial charge in [0.2, 0.25) is 0 Å². The van der Waals surface area contributed by atoms with Crippen LogP contribution in [-0.2, 0) is 0 Å². The van der Waals surface area contributed by atoms with Crippen LogP contribution in [0.5, 0.6) is 0 Å². The van der Waals surface area contributed by atoms with E-state index in [1.54, 1.807) is 0 Å². The second-order valence-corrected chi connectivity index (χ2v) is 4.52. The van der Waals surface area contributed by atoms with Crippen LogP contribution in [0.15, 0.2) is 22.9 Å². The predicted molar refractivity (Wildman–Crippen MR) is 69.2 cm³/mol. The molecule has 0 fully saturated rings. The van der Waals surface area contributed by atoms with Gasteiger partial charge in [0.1, 0.15) is 4.60 Å². The maximum Gasteiger partial charge on any atom is 0.106 e. The topological polar surface area (TPSA) is 24.9 Å². The van der Waals surface area contributed by atoms with E-state index in [4.69, 9.17) is 0 Å². The molecular weight excluding hydrogens is 252 g/mol. The van der Waals surface area contributed by atoms with E-state index in [-0.39, 0.29) is 0 Å². The van der Waals surface area contributed by atoms with Crippen LogP contribution in [0, 0.1) is 0 Å². The van der Waals surface area contributed by atoms with E-state index in [1.165, 1.54) is 32.1 Å². The van der Waals surface area contributed by atoms with Gasteiger partial charge < -0.3 is 5.32 Å². The smallest absolute Gasteiger partial charge is 0.106 e. The third-order valence-electron chi connectivity index (χ3n) is 2.34. The van der Waals surface area contributed by atoms with Gasteiger partial charge >= 0.3 is 0 Å². The van der Waals surface area contributed by atoms with Gasteiger partial charge in [0.25, 0.3) is 0 Å². The molecule has 3 heteroatoms. The lowest BCUT2D eigenvalue weighted by Gasteiger charge is -2.05. The second kappa shape index (κ2) is 7.69. The highest BCUT2D eigenvalue weighted by molar-refractivity contribution is 9.10. The minimum atomic E-state index is 0.885. The molecule has 1 rings (SSSR count). The summed E-state index contributed by atoms with van der Waals surface area (Å²) < 4.78 is 0.885. The van der Waals surface area contributed by atoms with Crippen LogP contribution in [0.3, 0.4) is 0 Å². The number of hydrogen-bond donors (Lipinski definition) is 1. The van der Waals surface area contributed by atoms with Crippen molar-refractivity contribution in [2.75, 3.05) is 11.9 Å². The number of rotatable bonds is 7. The Labute approximate surface area is 101 Å². The SMILES string of the molecule is CCCCCCCNc1ccc(Br)nc1. The van der Waals surface area contributed by atoms with Crippen molar-refractivity contribution in [3.63, 3.8) is 0 Å². The lowest BCUT2D eigenvalue weighted by Crippen LogP contribution is -2.01. The summed E-state index contributed by atoms with van der Waals surface area (Å²) in [5, 5.41) is 3.37. The van der Waals surface area contributed by atoms with E-state index in [0.717, 1.165) is 16.8 Å². The number of halogens is 1. The van der Waals surface area contributed by atoms with Crippen molar-refractivity contribution >= 4 is 21.6 Å². The number of pyridine rings is 1. The normalized spacial score (nSPS) is 10.3. The van der Waals surface area contributed by atoms with E-state index in [1.807, 2.05) is 18.3 Å². The minimum Gasteiger partial charge on any atom is -0.384 e. The molecule has 0 saturated carbocycles. The Morgan fingerprint density at radius 2 is 2.00 bits per heavy atom. The summed E-state index contributed by atoms with van der Waals surface area (Å²) in [4.78, 5) is 4.16. The maximum atomic E-state index is 4.16. The molecule has 0 saturated heterocycles. The number of anilines is 1. The van der Waals surface area contributed by atoms with Gasteiger partial charge in [-0.15, -0.1) is 0 Å². The highest BCUT2D eigenvalue weighted by Gasteiger charge is 1.93. The molecule has 0 aliphatic rings. The van der Waals surface area contributed by atoms with Crippen LogP contribution in [-0.4, -0.2) is 11.5 Å². The van der Waals surface area contributed by atoms with Crippen molar-refractivity contribution in [3.8, 4) is 0 Å². The summed E-state index contributed by atoms with van der Waals surface area (Å²) in [5.41, 5.74) is 1.11. The number of unbranched alkanes of at least 4 members (excludes halogenated alkanes) is 4. The molecule has 0 unspecified atom stereocenters. The van der Waals surface area contributed by atoms with Crippen LogP contribution in [0.25, 0.3) is 0 Å². The third-order valence-corrected chi connectivity index (χ3v) is 2.81. The third kappa shape index (κ3) is 5.78. The van der Waals surface area contributed by atoms with Crippen molar-refractivity contribution < 1.29 is 0 Å². The van der Waals surface area contributed by atoms with Crippen LogP contribution >= 0.6 is 15.9 Å². The Balaban J connectivity index is 2.07. The van der Waals surface area contributed by atoms with Crippen molar-refractivity contribution in [1.29, 1.82) is 0 Å². The molecule has 1 aromatic heterocycles. The Hall–Kier alpha value is -0.570. The first-order valence-corrected chi connectivity index (χ1v) is 6.47. The Morgan fingerprint density at radius 3 is 2.67 bits per heavy atom. The number of nitrogens with zero attached hydrogens (tertiary/aromatic N) is 1. The van der Waals surface area contributed by atoms with Crippen LogP contribution in [0.4, 0.5) is 5.69 Å². The molecule has 0 aromatic carbocycles. The zero-order chi connectivity index (χ0) is 10.9. The van der Waals surface area contributed by atoms with E-state index in [2.05, 4.69) is 33.2 Å². The fourth-order valence-electron chi connectivity index (χ4n) is 1.44. The Bertz CT molecular complexity index is 259. The van der Waals surface area contributed by atoms with Gasteiger partial charge in [-0.2, -0.15) is 0 Å². The van der Waals surface area contributed by atoms with Crippen molar-refractivity contribution in [3.05, 3.63) is 22.9 Å². The summed E-state index contributed by atoms with van der Waals surface area (Å²) in [7, 11) is 0. The van der Waals surface area contributed by atoms with E-state index in [9.17, 15) is 0 Å². The second-order valence-electron chi connectivity index (χ2n) is 3.71. The Kier molecular flexibility index (Phi) is 6.41. The van der Waals surface area contributed by atoms with Gasteiger partial charge in [-0.1, -0.05) is 32.6 Å². The molecule has 0 aliphatic heterocycles. The molecule has 0 atom stereocenters. The molecule has 2 nitrogen and oxygen atoms in total. The molecule has 1 aromatic rings. The van der Waals surface area contributed by atoms with E-state index in [0.29, 0.717) is 0 Å². The molecule has 0 radical (unpaired) electrons. The first kappa shape index (κ1) is 12.5. The highest BCUT2D eigenvalue weighted by Crippen LogP contribution is 2.10. The lowest BCUT2D eigenvalue weighted by atomic mass is 10.1. The molecular formula is C12H19BrN2. The van der Waals surface area contributed by atoms with Crippen LogP contribution < -0.4 is 5.32 Å². The standard InChI is InChI=1S/C12H19BrN2/c1-2-3-4-5-6-9-14-11-7-8-12(13)15-10-11/h7-8,10,14H,2-6,9H2,1H3. The molecule has 0 spiro atoms. The summed E-state index contributed by atoms with van der Waals surface area (Å²) in [5.74, 6) is 0. The quantitative estimate of drug-likeness (QED) is 0.593. The molecule has 0 bridgehead atoms. The molecule has 0 aliphatic carbocycles. The first-order chi connectivity index (χ1) is 7.33. The zero-order valence-electron chi connectivity index (χ0n) is 9.30. The minimum absolute atomic E-state index is 0.885. The van der Waals surface area contributed by atoms with Crippen molar-refractivity contribution in [2.24, 2.45) is 0 Å². The van der Waals surface area contributed by atoms with E-state index < -0.39 is 0 Å². The molecule has 0 amide bonds. The van der Waals surface area contributed by atoms with Gasteiger partial charge in [-0.3, -0.25) is 0 Å². The predicted octanol–water partition coefficient (Wildman–Crippen LogP) is 4.23. The first-order valence-electron chi connectivity index (χ1n) is 5.68. The zero-order valence-corrected chi connectivity index (χ0v) is 10.9. The van der Waals surface area contributed by atoms with Crippen LogP contribution in [0.1, 0.15) is 39.0 Å². The lowest BCUT2D eigenvalue weighted by molar-refractivity contribution is 0.645. The maximum absolute atomic E-state index is 4.16. The number of aromatic nitrogens is 1. The van der Waals surface area contributed by atoms with Gasteiger partial charge in [-0.25, -0.2) is 4.98 Å². The highest BCUT2D eigenvalue weighted by atomic mass is 79.9. The molecule has 1 heterocycles.